The van der Waals surface area contributed by atoms with Crippen molar-refractivity contribution >= 4 is 17.3 Å². The molecule has 1 N–H and O–H groups in total. The first-order valence-electron chi connectivity index (χ1n) is 6.17. The summed E-state index contributed by atoms with van der Waals surface area (Å²) in [6, 6.07) is 5.92. The van der Waals surface area contributed by atoms with Gasteiger partial charge in [-0.2, -0.15) is 18.4 Å². The first-order chi connectivity index (χ1) is 9.15. The lowest BCUT2D eigenvalue weighted by Crippen LogP contribution is -2.12. The monoisotopic (exact) mass is 304 g/mol. The molecule has 20 heavy (non-hydrogen) atoms. The summed E-state index contributed by atoms with van der Waals surface area (Å²) in [4.78, 5) is 0. The molecule has 0 aromatic heterocycles. The molecule has 0 heterocycles. The Bertz CT molecular complexity index is 504. The van der Waals surface area contributed by atoms with Gasteiger partial charge in [0.1, 0.15) is 0 Å². The van der Waals surface area contributed by atoms with Gasteiger partial charge in [-0.15, -0.1) is 0 Å². The molecule has 0 radical (unpaired) electrons. The summed E-state index contributed by atoms with van der Waals surface area (Å²) in [5, 5.41) is 11.5. The molecule has 110 valence electrons. The number of hydrogen-bond acceptors (Lipinski definition) is 2. The first-order valence-corrected chi connectivity index (χ1v) is 6.55. The van der Waals surface area contributed by atoms with E-state index in [4.69, 9.17) is 16.9 Å². The molecule has 0 amide bonds. The van der Waals surface area contributed by atoms with E-state index in [1.54, 1.807) is 0 Å². The van der Waals surface area contributed by atoms with Crippen LogP contribution in [0, 0.1) is 16.7 Å². The largest absolute Gasteiger partial charge is 0.417 e. The number of benzene rings is 1. The molecule has 0 unspecified atom stereocenters. The van der Waals surface area contributed by atoms with Crippen LogP contribution in [0.15, 0.2) is 18.2 Å². The van der Waals surface area contributed by atoms with Crippen LogP contribution in [0.1, 0.15) is 32.3 Å². The number of alkyl halides is 3. The van der Waals surface area contributed by atoms with Gasteiger partial charge in [-0.25, -0.2) is 0 Å². The first kappa shape index (κ1) is 16.6. The highest BCUT2D eigenvalue weighted by atomic mass is 35.5. The highest BCUT2D eigenvalue weighted by Crippen LogP contribution is 2.36. The molecular formula is C14H16ClF3N2. The second kappa shape index (κ2) is 6.36. The summed E-state index contributed by atoms with van der Waals surface area (Å²) < 4.78 is 38.0. The van der Waals surface area contributed by atoms with Gasteiger partial charge >= 0.3 is 6.18 Å². The molecular weight excluding hydrogens is 289 g/mol. The van der Waals surface area contributed by atoms with Gasteiger partial charge in [-0.3, -0.25) is 0 Å². The zero-order chi connectivity index (χ0) is 15.4. The Hall–Kier alpha value is -1.41. The van der Waals surface area contributed by atoms with Gasteiger partial charge in [-0.1, -0.05) is 11.6 Å². The quantitative estimate of drug-likeness (QED) is 0.768. The van der Waals surface area contributed by atoms with Crippen LogP contribution in [0.25, 0.3) is 0 Å². The summed E-state index contributed by atoms with van der Waals surface area (Å²) in [7, 11) is 0. The summed E-state index contributed by atoms with van der Waals surface area (Å²) in [5.41, 5.74) is -0.892. The number of anilines is 1. The van der Waals surface area contributed by atoms with Crippen molar-refractivity contribution in [2.75, 3.05) is 11.9 Å². The zero-order valence-electron chi connectivity index (χ0n) is 11.3. The van der Waals surface area contributed by atoms with Crippen molar-refractivity contribution < 1.29 is 13.2 Å². The van der Waals surface area contributed by atoms with E-state index in [2.05, 4.69) is 11.4 Å². The van der Waals surface area contributed by atoms with Gasteiger partial charge in [0.25, 0.3) is 0 Å². The van der Waals surface area contributed by atoms with E-state index in [0.717, 1.165) is 6.07 Å². The third-order valence-corrected chi connectivity index (χ3v) is 3.21. The highest BCUT2D eigenvalue weighted by Gasteiger charge is 2.33. The maximum atomic E-state index is 12.7. The van der Waals surface area contributed by atoms with E-state index < -0.39 is 17.2 Å². The second-order valence-corrected chi connectivity index (χ2v) is 5.63. The Morgan fingerprint density at radius 3 is 2.50 bits per heavy atom. The van der Waals surface area contributed by atoms with Crippen molar-refractivity contribution in [2.24, 2.45) is 5.41 Å². The fourth-order valence-electron chi connectivity index (χ4n) is 1.67. The Balaban J connectivity index is 2.60. The Morgan fingerprint density at radius 1 is 1.30 bits per heavy atom. The van der Waals surface area contributed by atoms with Crippen LogP contribution in [-0.4, -0.2) is 6.54 Å². The van der Waals surface area contributed by atoms with E-state index >= 15 is 0 Å². The number of rotatable bonds is 5. The normalized spacial score (nSPS) is 12.1. The number of nitrogens with zero attached hydrogens (tertiary/aromatic N) is 1. The number of hydrogen-bond donors (Lipinski definition) is 1. The Labute approximate surface area is 121 Å². The number of halogens is 4. The van der Waals surface area contributed by atoms with Crippen molar-refractivity contribution in [3.63, 3.8) is 0 Å². The van der Waals surface area contributed by atoms with E-state index in [9.17, 15) is 13.2 Å². The summed E-state index contributed by atoms with van der Waals surface area (Å²) in [6.07, 6.45) is -3.08. The Morgan fingerprint density at radius 2 is 1.95 bits per heavy atom. The molecule has 0 saturated carbocycles. The van der Waals surface area contributed by atoms with Gasteiger partial charge in [0.15, 0.2) is 0 Å². The maximum Gasteiger partial charge on any atom is 0.417 e. The van der Waals surface area contributed by atoms with Crippen LogP contribution >= 0.6 is 11.6 Å². The van der Waals surface area contributed by atoms with Gasteiger partial charge in [0.2, 0.25) is 0 Å². The van der Waals surface area contributed by atoms with Crippen LogP contribution < -0.4 is 5.32 Å². The van der Waals surface area contributed by atoms with E-state index in [0.29, 0.717) is 25.1 Å². The molecule has 2 nitrogen and oxygen atoms in total. The van der Waals surface area contributed by atoms with E-state index in [1.165, 1.54) is 12.1 Å². The van der Waals surface area contributed by atoms with Gasteiger partial charge in [0, 0.05) is 12.2 Å². The Kier molecular flexibility index (Phi) is 5.29. The molecule has 0 aliphatic rings. The molecule has 0 aliphatic carbocycles. The summed E-state index contributed by atoms with van der Waals surface area (Å²) in [6.45, 7) is 4.16. The zero-order valence-corrected chi connectivity index (χ0v) is 12.1. The van der Waals surface area contributed by atoms with Crippen molar-refractivity contribution in [1.29, 1.82) is 5.26 Å². The maximum absolute atomic E-state index is 12.7. The number of nitriles is 1. The molecule has 1 rings (SSSR count). The van der Waals surface area contributed by atoms with Crippen LogP contribution in [0.4, 0.5) is 18.9 Å². The molecule has 6 heteroatoms. The number of nitrogens with one attached hydrogen (secondary N) is 1. The van der Waals surface area contributed by atoms with Crippen molar-refractivity contribution in [2.45, 2.75) is 32.9 Å². The lowest BCUT2D eigenvalue weighted by atomic mass is 9.90. The summed E-state index contributed by atoms with van der Waals surface area (Å²) >= 11 is 5.54. The minimum atomic E-state index is -4.46. The summed E-state index contributed by atoms with van der Waals surface area (Å²) in [5.74, 6) is 0. The van der Waals surface area contributed by atoms with Crippen LogP contribution in [-0.2, 0) is 6.18 Å². The highest BCUT2D eigenvalue weighted by molar-refractivity contribution is 6.31. The van der Waals surface area contributed by atoms with Gasteiger partial charge < -0.3 is 5.32 Å². The topological polar surface area (TPSA) is 35.8 Å². The fourth-order valence-corrected chi connectivity index (χ4v) is 1.90. The molecule has 0 spiro atoms. The third-order valence-electron chi connectivity index (χ3n) is 2.88. The predicted octanol–water partition coefficient (Wildman–Crippen LogP) is 5.10. The van der Waals surface area contributed by atoms with Crippen molar-refractivity contribution in [1.82, 2.24) is 0 Å². The smallest absolute Gasteiger partial charge is 0.385 e. The molecule has 0 aliphatic heterocycles. The molecule has 1 aromatic carbocycles. The van der Waals surface area contributed by atoms with Crippen molar-refractivity contribution in [3.05, 3.63) is 28.8 Å². The predicted molar refractivity (Wildman–Crippen MR) is 73.6 cm³/mol. The molecule has 0 atom stereocenters. The van der Waals surface area contributed by atoms with Gasteiger partial charge in [0.05, 0.1) is 22.1 Å². The average molecular weight is 305 g/mol. The minimum Gasteiger partial charge on any atom is -0.385 e. The molecule has 1 aromatic rings. The SMILES string of the molecule is CC(C)(C#N)CCCNc1ccc(Cl)c(C(F)(F)F)c1. The van der Waals surface area contributed by atoms with Crippen LogP contribution in [0.5, 0.6) is 0 Å². The van der Waals surface area contributed by atoms with Crippen molar-refractivity contribution in [3.8, 4) is 6.07 Å². The third kappa shape index (κ3) is 4.93. The average Bonchev–Trinajstić information content (AvgIpc) is 2.35. The lowest BCUT2D eigenvalue weighted by Gasteiger charge is -2.16. The molecule has 0 fully saturated rings. The minimum absolute atomic E-state index is 0.311. The van der Waals surface area contributed by atoms with Crippen LogP contribution in [0.3, 0.4) is 0 Å². The second-order valence-electron chi connectivity index (χ2n) is 5.22. The van der Waals surface area contributed by atoms with E-state index in [-0.39, 0.29) is 5.02 Å². The van der Waals surface area contributed by atoms with E-state index in [1.807, 2.05) is 13.8 Å². The molecule has 0 bridgehead atoms. The fraction of sp³-hybridized carbons (Fsp3) is 0.500. The standard InChI is InChI=1S/C14H16ClF3N2/c1-13(2,9-19)6-3-7-20-10-4-5-12(15)11(8-10)14(16,17)18/h4-5,8,20H,3,6-7H2,1-2H3. The van der Waals surface area contributed by atoms with Crippen LogP contribution in [0.2, 0.25) is 5.02 Å². The lowest BCUT2D eigenvalue weighted by molar-refractivity contribution is -0.137. The molecule has 0 saturated heterocycles. The van der Waals surface area contributed by atoms with Gasteiger partial charge in [-0.05, 0) is 44.9 Å².